The number of benzene rings is 2. The van der Waals surface area contributed by atoms with Crippen molar-refractivity contribution in [3.8, 4) is 11.4 Å². The van der Waals surface area contributed by atoms with Gasteiger partial charge in [0.2, 0.25) is 0 Å². The molecular formula is C17H17N5O2. The van der Waals surface area contributed by atoms with Gasteiger partial charge >= 0.3 is 0 Å². The van der Waals surface area contributed by atoms with E-state index in [1.165, 1.54) is 4.68 Å². The molecule has 0 aliphatic heterocycles. The molecule has 3 N–H and O–H groups in total. The molecule has 0 aliphatic carbocycles. The monoisotopic (exact) mass is 323 g/mol. The average molecular weight is 323 g/mol. The van der Waals surface area contributed by atoms with Gasteiger partial charge in [-0.25, -0.2) is 4.68 Å². The number of methoxy groups -OCH3 is 1. The highest BCUT2D eigenvalue weighted by Crippen LogP contribution is 2.19. The van der Waals surface area contributed by atoms with Crippen LogP contribution < -0.4 is 15.8 Å². The van der Waals surface area contributed by atoms with Crippen molar-refractivity contribution >= 4 is 17.3 Å². The van der Waals surface area contributed by atoms with Crippen LogP contribution in [-0.2, 0) is 0 Å². The number of aromatic nitrogens is 3. The first-order chi connectivity index (χ1) is 11.6. The maximum Gasteiger partial charge on any atom is 0.277 e. The van der Waals surface area contributed by atoms with E-state index in [9.17, 15) is 4.79 Å². The van der Waals surface area contributed by atoms with E-state index in [4.69, 9.17) is 10.5 Å². The molecule has 122 valence electrons. The molecule has 0 aliphatic rings. The lowest BCUT2D eigenvalue weighted by Crippen LogP contribution is -2.13. The Bertz CT molecular complexity index is 871. The molecule has 0 radical (unpaired) electrons. The Morgan fingerprint density at radius 2 is 1.96 bits per heavy atom. The molecule has 1 heterocycles. The summed E-state index contributed by atoms with van der Waals surface area (Å²) in [7, 11) is 1.60. The molecule has 1 aromatic heterocycles. The number of nitrogens with one attached hydrogen (secondary N) is 1. The van der Waals surface area contributed by atoms with E-state index >= 15 is 0 Å². The molecule has 0 saturated carbocycles. The number of hydrogen-bond donors (Lipinski definition) is 2. The lowest BCUT2D eigenvalue weighted by atomic mass is 10.2. The van der Waals surface area contributed by atoms with Crippen LogP contribution in [0.5, 0.6) is 5.75 Å². The van der Waals surface area contributed by atoms with Gasteiger partial charge in [0.25, 0.3) is 5.91 Å². The minimum Gasteiger partial charge on any atom is -0.497 e. The number of aryl methyl sites for hydroxylation is 1. The lowest BCUT2D eigenvalue weighted by Gasteiger charge is -2.07. The Kier molecular flexibility index (Phi) is 4.15. The van der Waals surface area contributed by atoms with Gasteiger partial charge in [0.15, 0.2) is 5.69 Å². The van der Waals surface area contributed by atoms with Crippen LogP contribution >= 0.6 is 0 Å². The second-order valence-corrected chi connectivity index (χ2v) is 5.27. The minimum absolute atomic E-state index is 0.215. The van der Waals surface area contributed by atoms with Crippen molar-refractivity contribution in [1.29, 1.82) is 0 Å². The highest BCUT2D eigenvalue weighted by atomic mass is 16.5. The summed E-state index contributed by atoms with van der Waals surface area (Å²) in [5.74, 6) is 0.400. The number of anilines is 2. The van der Waals surface area contributed by atoms with Crippen LogP contribution in [0.25, 0.3) is 5.69 Å². The Balaban J connectivity index is 1.79. The number of carbonyl (C=O) groups excluding carboxylic acids is 1. The largest absolute Gasteiger partial charge is 0.497 e. The zero-order valence-electron chi connectivity index (χ0n) is 13.4. The first-order valence-corrected chi connectivity index (χ1v) is 7.31. The first-order valence-electron chi connectivity index (χ1n) is 7.31. The Hall–Kier alpha value is -3.35. The summed E-state index contributed by atoms with van der Waals surface area (Å²) in [5, 5.41) is 10.7. The molecule has 0 atom stereocenters. The summed E-state index contributed by atoms with van der Waals surface area (Å²) in [6.07, 6.45) is 1.57. The number of amides is 1. The Morgan fingerprint density at radius 3 is 2.67 bits per heavy atom. The molecule has 7 heteroatoms. The fraction of sp³-hybridized carbons (Fsp3) is 0.118. The topological polar surface area (TPSA) is 95.1 Å². The molecule has 0 unspecified atom stereocenters. The Labute approximate surface area is 139 Å². The second-order valence-electron chi connectivity index (χ2n) is 5.27. The fourth-order valence-corrected chi connectivity index (χ4v) is 2.19. The normalized spacial score (nSPS) is 10.4. The van der Waals surface area contributed by atoms with Crippen molar-refractivity contribution in [2.24, 2.45) is 0 Å². The average Bonchev–Trinajstić information content (AvgIpc) is 3.08. The van der Waals surface area contributed by atoms with E-state index < -0.39 is 0 Å². The van der Waals surface area contributed by atoms with E-state index in [1.54, 1.807) is 25.4 Å². The van der Waals surface area contributed by atoms with Crippen LogP contribution in [0.1, 0.15) is 16.1 Å². The van der Waals surface area contributed by atoms with Gasteiger partial charge in [-0.2, -0.15) is 0 Å². The molecule has 0 bridgehead atoms. The number of hydrogen-bond acceptors (Lipinski definition) is 5. The first kappa shape index (κ1) is 15.5. The quantitative estimate of drug-likeness (QED) is 0.719. The number of nitrogens with two attached hydrogens (primary N) is 1. The standard InChI is InChI=1S/C17H17N5O2/c1-11-3-4-12(18)9-15(11)19-17(23)16-10-22(21-20-16)13-5-7-14(24-2)8-6-13/h3-10H,18H2,1-2H3,(H,19,23). The maximum atomic E-state index is 12.3. The molecule has 3 aromatic rings. The summed E-state index contributed by atoms with van der Waals surface area (Å²) >= 11 is 0. The summed E-state index contributed by atoms with van der Waals surface area (Å²) in [6.45, 7) is 1.89. The number of rotatable bonds is 4. The molecule has 2 aromatic carbocycles. The number of carbonyl (C=O) groups is 1. The summed E-state index contributed by atoms with van der Waals surface area (Å²) in [6, 6.07) is 12.6. The summed E-state index contributed by atoms with van der Waals surface area (Å²) < 4.78 is 6.64. The van der Waals surface area contributed by atoms with Crippen molar-refractivity contribution in [2.75, 3.05) is 18.2 Å². The minimum atomic E-state index is -0.344. The van der Waals surface area contributed by atoms with Crippen molar-refractivity contribution in [2.45, 2.75) is 6.92 Å². The van der Waals surface area contributed by atoms with Crippen molar-refractivity contribution < 1.29 is 9.53 Å². The van der Waals surface area contributed by atoms with Gasteiger partial charge in [-0.15, -0.1) is 5.10 Å². The molecule has 3 rings (SSSR count). The number of ether oxygens (including phenoxy) is 1. The van der Waals surface area contributed by atoms with E-state index in [2.05, 4.69) is 15.6 Å². The highest BCUT2D eigenvalue weighted by Gasteiger charge is 2.13. The third-order valence-electron chi connectivity index (χ3n) is 3.57. The lowest BCUT2D eigenvalue weighted by molar-refractivity contribution is 0.102. The number of nitrogens with zero attached hydrogens (tertiary/aromatic N) is 3. The van der Waals surface area contributed by atoms with E-state index in [1.807, 2.05) is 37.3 Å². The predicted molar refractivity (Wildman–Crippen MR) is 91.5 cm³/mol. The molecule has 7 nitrogen and oxygen atoms in total. The molecule has 0 fully saturated rings. The van der Waals surface area contributed by atoms with Gasteiger partial charge in [-0.3, -0.25) is 4.79 Å². The third-order valence-corrected chi connectivity index (χ3v) is 3.57. The van der Waals surface area contributed by atoms with Crippen LogP contribution in [0, 0.1) is 6.92 Å². The Morgan fingerprint density at radius 1 is 1.21 bits per heavy atom. The zero-order valence-corrected chi connectivity index (χ0v) is 13.4. The molecule has 1 amide bonds. The van der Waals surface area contributed by atoms with Crippen molar-refractivity contribution in [3.05, 3.63) is 59.9 Å². The molecule has 0 spiro atoms. The SMILES string of the molecule is COc1ccc(-n2cc(C(=O)Nc3cc(N)ccc3C)nn2)cc1. The summed E-state index contributed by atoms with van der Waals surface area (Å²) in [5.41, 5.74) is 8.90. The van der Waals surface area contributed by atoms with Crippen molar-refractivity contribution in [1.82, 2.24) is 15.0 Å². The third kappa shape index (κ3) is 3.19. The predicted octanol–water partition coefficient (Wildman–Crippen LogP) is 2.42. The van der Waals surface area contributed by atoms with E-state index in [0.29, 0.717) is 11.4 Å². The van der Waals surface area contributed by atoms with Crippen LogP contribution in [0.2, 0.25) is 0 Å². The smallest absolute Gasteiger partial charge is 0.277 e. The van der Waals surface area contributed by atoms with Crippen LogP contribution in [0.15, 0.2) is 48.7 Å². The second kappa shape index (κ2) is 6.41. The van der Waals surface area contributed by atoms with Gasteiger partial charge in [0.05, 0.1) is 19.0 Å². The van der Waals surface area contributed by atoms with Crippen LogP contribution in [-0.4, -0.2) is 28.0 Å². The molecule has 0 saturated heterocycles. The van der Waals surface area contributed by atoms with Gasteiger partial charge in [-0.05, 0) is 48.9 Å². The maximum absolute atomic E-state index is 12.3. The van der Waals surface area contributed by atoms with Crippen LogP contribution in [0.3, 0.4) is 0 Å². The van der Waals surface area contributed by atoms with Gasteiger partial charge in [-0.1, -0.05) is 11.3 Å². The summed E-state index contributed by atoms with van der Waals surface area (Å²) in [4.78, 5) is 12.3. The van der Waals surface area contributed by atoms with Gasteiger partial charge in [0.1, 0.15) is 5.75 Å². The van der Waals surface area contributed by atoms with E-state index in [-0.39, 0.29) is 11.6 Å². The fourth-order valence-electron chi connectivity index (χ4n) is 2.19. The van der Waals surface area contributed by atoms with Gasteiger partial charge < -0.3 is 15.8 Å². The van der Waals surface area contributed by atoms with Gasteiger partial charge in [0, 0.05) is 11.4 Å². The number of nitrogen functional groups attached to an aromatic ring is 1. The highest BCUT2D eigenvalue weighted by molar-refractivity contribution is 6.03. The van der Waals surface area contributed by atoms with Crippen LogP contribution in [0.4, 0.5) is 11.4 Å². The molecule has 24 heavy (non-hydrogen) atoms. The molecular weight excluding hydrogens is 306 g/mol. The zero-order chi connectivity index (χ0) is 17.1. The van der Waals surface area contributed by atoms with E-state index in [0.717, 1.165) is 17.0 Å². The van der Waals surface area contributed by atoms with Crippen molar-refractivity contribution in [3.63, 3.8) is 0 Å².